The van der Waals surface area contributed by atoms with Gasteiger partial charge in [-0.2, -0.15) is 0 Å². The van der Waals surface area contributed by atoms with Gasteiger partial charge in [-0.25, -0.2) is 4.39 Å². The van der Waals surface area contributed by atoms with Gasteiger partial charge in [0.2, 0.25) is 0 Å². The van der Waals surface area contributed by atoms with Gasteiger partial charge in [0.1, 0.15) is 5.82 Å². The number of anilines is 1. The van der Waals surface area contributed by atoms with Crippen LogP contribution in [0.4, 0.5) is 10.1 Å². The fraction of sp³-hybridized carbons (Fsp3) is 0.417. The highest BCUT2D eigenvalue weighted by atomic mass is 32.2. The Kier molecular flexibility index (Phi) is 5.27. The molecule has 0 spiro atoms. The van der Waals surface area contributed by atoms with Crippen LogP contribution in [-0.2, 0) is 10.8 Å². The Hall–Kier alpha value is -1.43. The van der Waals surface area contributed by atoms with Crippen LogP contribution >= 0.6 is 0 Å². The molecule has 0 aromatic heterocycles. The zero-order valence-corrected chi connectivity index (χ0v) is 11.2. The number of halogens is 1. The first-order valence-corrected chi connectivity index (χ1v) is 7.28. The van der Waals surface area contributed by atoms with Crippen LogP contribution in [0.5, 0.6) is 0 Å². The molecular formula is C12H17FN2O2S. The number of nitrogens with two attached hydrogens (primary N) is 1. The highest BCUT2D eigenvalue weighted by Gasteiger charge is 2.11. The molecule has 0 heterocycles. The van der Waals surface area contributed by atoms with Crippen LogP contribution in [-0.4, -0.2) is 28.2 Å². The Morgan fingerprint density at radius 1 is 1.56 bits per heavy atom. The number of benzene rings is 1. The van der Waals surface area contributed by atoms with E-state index in [0.29, 0.717) is 17.7 Å². The van der Waals surface area contributed by atoms with Crippen LogP contribution in [0.25, 0.3) is 0 Å². The van der Waals surface area contributed by atoms with E-state index in [1.807, 2.05) is 6.92 Å². The van der Waals surface area contributed by atoms with Crippen molar-refractivity contribution >= 4 is 22.4 Å². The van der Waals surface area contributed by atoms with Gasteiger partial charge >= 0.3 is 0 Å². The Labute approximate surface area is 108 Å². The first kappa shape index (κ1) is 14.6. The van der Waals surface area contributed by atoms with E-state index in [-0.39, 0.29) is 17.6 Å². The third-order valence-corrected chi connectivity index (χ3v) is 3.28. The van der Waals surface area contributed by atoms with Crippen LogP contribution in [0.2, 0.25) is 0 Å². The molecule has 0 aliphatic carbocycles. The molecule has 0 bridgehead atoms. The van der Waals surface area contributed by atoms with E-state index >= 15 is 0 Å². The van der Waals surface area contributed by atoms with Crippen LogP contribution < -0.4 is 11.1 Å². The van der Waals surface area contributed by atoms with E-state index in [9.17, 15) is 13.4 Å². The quantitative estimate of drug-likeness (QED) is 0.793. The summed E-state index contributed by atoms with van der Waals surface area (Å²) in [5.74, 6) is -0.315. The predicted octanol–water partition coefficient (Wildman–Crippen LogP) is 1.29. The molecule has 2 unspecified atom stereocenters. The molecule has 0 aliphatic rings. The maximum Gasteiger partial charge on any atom is 0.251 e. The van der Waals surface area contributed by atoms with Crippen molar-refractivity contribution in [2.75, 3.05) is 17.7 Å². The molecule has 0 saturated heterocycles. The molecule has 4 nitrogen and oxygen atoms in total. The summed E-state index contributed by atoms with van der Waals surface area (Å²) in [6.07, 6.45) is 2.25. The predicted molar refractivity (Wildman–Crippen MR) is 71.3 cm³/mol. The van der Waals surface area contributed by atoms with Gasteiger partial charge in [-0.1, -0.05) is 0 Å². The van der Waals surface area contributed by atoms with Gasteiger partial charge in [-0.05, 0) is 31.5 Å². The number of hydrogen-bond donors (Lipinski definition) is 2. The van der Waals surface area contributed by atoms with E-state index < -0.39 is 16.6 Å². The zero-order valence-electron chi connectivity index (χ0n) is 10.4. The number of nitrogen functional groups attached to an aromatic ring is 1. The average Bonchev–Trinajstić information content (AvgIpc) is 2.30. The minimum atomic E-state index is -0.873. The van der Waals surface area contributed by atoms with Crippen LogP contribution in [0, 0.1) is 5.82 Å². The molecule has 18 heavy (non-hydrogen) atoms. The summed E-state index contributed by atoms with van der Waals surface area (Å²) in [6.45, 7) is 1.83. The SMILES string of the molecule is CC(CCS(C)=O)NC(=O)c1ccc(F)c(N)c1. The number of nitrogens with one attached hydrogen (secondary N) is 1. The van der Waals surface area contributed by atoms with Crippen LogP contribution in [0.3, 0.4) is 0 Å². The number of carbonyl (C=O) groups is 1. The first-order chi connectivity index (χ1) is 8.40. The van der Waals surface area contributed by atoms with E-state index in [4.69, 9.17) is 5.73 Å². The van der Waals surface area contributed by atoms with E-state index in [0.717, 1.165) is 6.07 Å². The molecular weight excluding hydrogens is 255 g/mol. The molecule has 6 heteroatoms. The second-order valence-corrected chi connectivity index (χ2v) is 5.73. The molecule has 1 aromatic rings. The van der Waals surface area contributed by atoms with Gasteiger partial charge in [0.25, 0.3) is 5.91 Å². The topological polar surface area (TPSA) is 72.2 Å². The van der Waals surface area contributed by atoms with Crippen molar-refractivity contribution in [1.29, 1.82) is 0 Å². The van der Waals surface area contributed by atoms with Crippen molar-refractivity contribution in [3.05, 3.63) is 29.6 Å². The number of amides is 1. The van der Waals surface area contributed by atoms with Crippen LogP contribution in [0.15, 0.2) is 18.2 Å². The first-order valence-electron chi connectivity index (χ1n) is 5.56. The lowest BCUT2D eigenvalue weighted by Gasteiger charge is -2.13. The van der Waals surface area contributed by atoms with Crippen molar-refractivity contribution in [3.8, 4) is 0 Å². The Balaban J connectivity index is 2.59. The van der Waals surface area contributed by atoms with Gasteiger partial charge in [0.15, 0.2) is 0 Å². The summed E-state index contributed by atoms with van der Waals surface area (Å²) in [6, 6.07) is 3.75. The lowest BCUT2D eigenvalue weighted by atomic mass is 10.1. The normalized spacial score (nSPS) is 13.9. The molecule has 0 saturated carbocycles. The Morgan fingerprint density at radius 3 is 2.78 bits per heavy atom. The molecule has 1 aromatic carbocycles. The smallest absolute Gasteiger partial charge is 0.251 e. The van der Waals surface area contributed by atoms with Crippen molar-refractivity contribution in [2.45, 2.75) is 19.4 Å². The minimum Gasteiger partial charge on any atom is -0.396 e. The van der Waals surface area contributed by atoms with Gasteiger partial charge in [-0.15, -0.1) is 0 Å². The maximum atomic E-state index is 12.9. The number of carbonyl (C=O) groups excluding carboxylic acids is 1. The standard InChI is InChI=1S/C12H17FN2O2S/c1-8(5-6-18(2)17)15-12(16)9-3-4-10(13)11(14)7-9/h3-4,7-8H,5-6,14H2,1-2H3,(H,15,16). The van der Waals surface area contributed by atoms with Gasteiger partial charge in [0.05, 0.1) is 5.69 Å². The summed E-state index contributed by atoms with van der Waals surface area (Å²) >= 11 is 0. The Morgan fingerprint density at radius 2 is 2.22 bits per heavy atom. The monoisotopic (exact) mass is 272 g/mol. The molecule has 1 amide bonds. The average molecular weight is 272 g/mol. The molecule has 3 N–H and O–H groups in total. The van der Waals surface area contributed by atoms with E-state index in [2.05, 4.69) is 5.32 Å². The van der Waals surface area contributed by atoms with Gasteiger partial charge in [0, 0.05) is 34.4 Å². The third kappa shape index (κ3) is 4.44. The van der Waals surface area contributed by atoms with Crippen molar-refractivity contribution in [3.63, 3.8) is 0 Å². The third-order valence-electron chi connectivity index (χ3n) is 2.47. The molecule has 0 aliphatic heterocycles. The minimum absolute atomic E-state index is 0.0510. The Bertz CT molecular complexity index is 465. The number of hydrogen-bond acceptors (Lipinski definition) is 3. The van der Waals surface area contributed by atoms with Crippen molar-refractivity contribution in [2.24, 2.45) is 0 Å². The molecule has 0 radical (unpaired) electrons. The highest BCUT2D eigenvalue weighted by molar-refractivity contribution is 7.84. The highest BCUT2D eigenvalue weighted by Crippen LogP contribution is 2.12. The van der Waals surface area contributed by atoms with Crippen molar-refractivity contribution < 1.29 is 13.4 Å². The van der Waals surface area contributed by atoms with Gasteiger partial charge in [-0.3, -0.25) is 9.00 Å². The second kappa shape index (κ2) is 6.49. The zero-order chi connectivity index (χ0) is 13.7. The molecule has 1 rings (SSSR count). The summed E-state index contributed by atoms with van der Waals surface area (Å²) in [5.41, 5.74) is 5.66. The van der Waals surface area contributed by atoms with Crippen molar-refractivity contribution in [1.82, 2.24) is 5.32 Å². The molecule has 100 valence electrons. The van der Waals surface area contributed by atoms with Gasteiger partial charge < -0.3 is 11.1 Å². The van der Waals surface area contributed by atoms with E-state index in [1.54, 1.807) is 6.26 Å². The number of rotatable bonds is 5. The fourth-order valence-electron chi connectivity index (χ4n) is 1.41. The summed E-state index contributed by atoms with van der Waals surface area (Å²) in [4.78, 5) is 11.8. The summed E-state index contributed by atoms with van der Waals surface area (Å²) < 4.78 is 23.9. The lowest BCUT2D eigenvalue weighted by molar-refractivity contribution is 0.0939. The van der Waals surface area contributed by atoms with E-state index in [1.165, 1.54) is 12.1 Å². The summed E-state index contributed by atoms with van der Waals surface area (Å²) in [5, 5.41) is 2.75. The molecule has 0 fully saturated rings. The molecule has 2 atom stereocenters. The van der Waals surface area contributed by atoms with Crippen LogP contribution in [0.1, 0.15) is 23.7 Å². The second-order valence-electron chi connectivity index (χ2n) is 4.18. The summed E-state index contributed by atoms with van der Waals surface area (Å²) in [7, 11) is -0.873. The lowest BCUT2D eigenvalue weighted by Crippen LogP contribution is -2.33. The largest absolute Gasteiger partial charge is 0.396 e. The fourth-order valence-corrected chi connectivity index (χ4v) is 2.09. The maximum absolute atomic E-state index is 12.9.